The zero-order chi connectivity index (χ0) is 11.8. The normalized spacial score (nSPS) is 33.9. The summed E-state index contributed by atoms with van der Waals surface area (Å²) in [6.45, 7) is 2.66. The minimum Gasteiger partial charge on any atom is -0.338 e. The van der Waals surface area contributed by atoms with Crippen molar-refractivity contribution in [2.45, 2.75) is 63.7 Å². The highest BCUT2D eigenvalue weighted by Crippen LogP contribution is 2.34. The Hall–Kier alpha value is -0.940. The summed E-state index contributed by atoms with van der Waals surface area (Å²) in [5.41, 5.74) is 6.11. The molecule has 1 aromatic heterocycles. The van der Waals surface area contributed by atoms with Gasteiger partial charge < -0.3 is 10.3 Å². The van der Waals surface area contributed by atoms with Crippen LogP contribution in [-0.2, 0) is 6.54 Å². The van der Waals surface area contributed by atoms with Gasteiger partial charge >= 0.3 is 0 Å². The molecular formula is C12H20N4O. The first-order valence-electron chi connectivity index (χ1n) is 6.53. The molecule has 3 heterocycles. The van der Waals surface area contributed by atoms with Crippen LogP contribution in [0.25, 0.3) is 0 Å². The summed E-state index contributed by atoms with van der Waals surface area (Å²) in [5.74, 6) is 1.47. The van der Waals surface area contributed by atoms with Crippen molar-refractivity contribution >= 4 is 0 Å². The van der Waals surface area contributed by atoms with E-state index in [9.17, 15) is 0 Å². The molecule has 2 aliphatic heterocycles. The number of hydrogen-bond acceptors (Lipinski definition) is 5. The monoisotopic (exact) mass is 236 g/mol. The summed E-state index contributed by atoms with van der Waals surface area (Å²) in [6, 6.07) is 1.61. The molecule has 5 nitrogen and oxygen atoms in total. The van der Waals surface area contributed by atoms with Crippen molar-refractivity contribution in [2.75, 3.05) is 0 Å². The Kier molecular flexibility index (Phi) is 2.88. The van der Waals surface area contributed by atoms with E-state index in [2.05, 4.69) is 15.0 Å². The van der Waals surface area contributed by atoms with Gasteiger partial charge in [-0.2, -0.15) is 4.98 Å². The maximum absolute atomic E-state index is 6.11. The fourth-order valence-corrected chi connectivity index (χ4v) is 3.34. The van der Waals surface area contributed by atoms with Crippen LogP contribution in [0.15, 0.2) is 4.52 Å². The van der Waals surface area contributed by atoms with Crippen molar-refractivity contribution in [2.24, 2.45) is 5.73 Å². The molecule has 0 amide bonds. The molecule has 5 heteroatoms. The van der Waals surface area contributed by atoms with Gasteiger partial charge in [0.1, 0.15) is 0 Å². The van der Waals surface area contributed by atoms with Gasteiger partial charge in [-0.15, -0.1) is 0 Å². The quantitative estimate of drug-likeness (QED) is 0.836. The van der Waals surface area contributed by atoms with Crippen LogP contribution >= 0.6 is 0 Å². The molecule has 94 valence electrons. The third-order valence-electron chi connectivity index (χ3n) is 4.05. The number of fused-ring (bicyclic) bond motifs is 2. The molecule has 2 saturated heterocycles. The first kappa shape index (κ1) is 11.2. The lowest BCUT2D eigenvalue weighted by Crippen LogP contribution is -2.54. The smallest absolute Gasteiger partial charge is 0.240 e. The zero-order valence-electron chi connectivity index (χ0n) is 10.3. The Bertz CT molecular complexity index is 378. The predicted molar refractivity (Wildman–Crippen MR) is 63.2 cm³/mol. The molecule has 2 unspecified atom stereocenters. The highest BCUT2D eigenvalue weighted by Gasteiger charge is 2.37. The van der Waals surface area contributed by atoms with Gasteiger partial charge in [0.05, 0.1) is 6.54 Å². The van der Waals surface area contributed by atoms with E-state index < -0.39 is 0 Å². The highest BCUT2D eigenvalue weighted by molar-refractivity contribution is 4.96. The minimum absolute atomic E-state index is 0.381. The largest absolute Gasteiger partial charge is 0.338 e. The molecule has 2 aliphatic rings. The number of nitrogens with zero attached hydrogens (tertiary/aromatic N) is 3. The Morgan fingerprint density at radius 3 is 2.65 bits per heavy atom. The second-order valence-corrected chi connectivity index (χ2v) is 5.38. The van der Waals surface area contributed by atoms with Gasteiger partial charge in [-0.1, -0.05) is 11.6 Å². The average molecular weight is 236 g/mol. The van der Waals surface area contributed by atoms with Gasteiger partial charge in [-0.25, -0.2) is 0 Å². The van der Waals surface area contributed by atoms with Crippen molar-refractivity contribution in [3.63, 3.8) is 0 Å². The van der Waals surface area contributed by atoms with Crippen LogP contribution in [0, 0.1) is 6.92 Å². The summed E-state index contributed by atoms with van der Waals surface area (Å²) in [4.78, 5) is 6.83. The number of hydrogen-bond donors (Lipinski definition) is 1. The first-order valence-corrected chi connectivity index (χ1v) is 6.53. The molecule has 3 rings (SSSR count). The molecule has 0 radical (unpaired) electrons. The predicted octanol–water partition coefficient (Wildman–Crippen LogP) is 1.22. The van der Waals surface area contributed by atoms with Gasteiger partial charge in [0.2, 0.25) is 5.89 Å². The molecule has 1 aromatic rings. The van der Waals surface area contributed by atoms with E-state index in [1.54, 1.807) is 0 Å². The minimum atomic E-state index is 0.381. The van der Waals surface area contributed by atoms with Crippen molar-refractivity contribution < 1.29 is 4.52 Å². The molecule has 0 aromatic carbocycles. The Labute approximate surface area is 101 Å². The van der Waals surface area contributed by atoms with Crippen LogP contribution in [0.3, 0.4) is 0 Å². The zero-order valence-corrected chi connectivity index (χ0v) is 10.3. The van der Waals surface area contributed by atoms with Crippen LogP contribution in [-0.4, -0.2) is 33.2 Å². The number of piperidine rings is 2. The Morgan fingerprint density at radius 2 is 2.06 bits per heavy atom. The summed E-state index contributed by atoms with van der Waals surface area (Å²) < 4.78 is 5.23. The number of rotatable bonds is 2. The van der Waals surface area contributed by atoms with Crippen LogP contribution in [0.1, 0.15) is 43.8 Å². The van der Waals surface area contributed by atoms with E-state index in [1.165, 1.54) is 19.3 Å². The lowest BCUT2D eigenvalue weighted by Gasteiger charge is -2.47. The van der Waals surface area contributed by atoms with Crippen molar-refractivity contribution in [1.29, 1.82) is 0 Å². The molecule has 2 N–H and O–H groups in total. The third kappa shape index (κ3) is 2.21. The van der Waals surface area contributed by atoms with Gasteiger partial charge in [0.15, 0.2) is 5.82 Å². The number of nitrogens with two attached hydrogens (primary N) is 1. The molecule has 2 atom stereocenters. The van der Waals surface area contributed by atoms with Crippen LogP contribution in [0.5, 0.6) is 0 Å². The summed E-state index contributed by atoms with van der Waals surface area (Å²) in [5, 5.41) is 3.85. The van der Waals surface area contributed by atoms with Gasteiger partial charge in [-0.05, 0) is 32.6 Å². The highest BCUT2D eigenvalue weighted by atomic mass is 16.5. The van der Waals surface area contributed by atoms with Crippen molar-refractivity contribution in [3.8, 4) is 0 Å². The fourth-order valence-electron chi connectivity index (χ4n) is 3.34. The van der Waals surface area contributed by atoms with E-state index in [0.29, 0.717) is 18.1 Å². The van der Waals surface area contributed by atoms with E-state index in [4.69, 9.17) is 10.3 Å². The maximum atomic E-state index is 6.11. The lowest BCUT2D eigenvalue weighted by molar-refractivity contribution is 0.0166. The Morgan fingerprint density at radius 1 is 1.35 bits per heavy atom. The molecule has 0 aliphatic carbocycles. The van der Waals surface area contributed by atoms with E-state index in [0.717, 1.165) is 31.1 Å². The molecule has 0 saturated carbocycles. The van der Waals surface area contributed by atoms with Crippen molar-refractivity contribution in [3.05, 3.63) is 11.7 Å². The van der Waals surface area contributed by atoms with E-state index in [-0.39, 0.29) is 0 Å². The van der Waals surface area contributed by atoms with Gasteiger partial charge in [0.25, 0.3) is 0 Å². The summed E-state index contributed by atoms with van der Waals surface area (Å²) >= 11 is 0. The number of aryl methyl sites for hydroxylation is 1. The second-order valence-electron chi connectivity index (χ2n) is 5.38. The Balaban J connectivity index is 1.73. The average Bonchev–Trinajstić information content (AvgIpc) is 2.65. The lowest BCUT2D eigenvalue weighted by atomic mass is 9.82. The second kappa shape index (κ2) is 4.38. The molecule has 2 fully saturated rings. The van der Waals surface area contributed by atoms with E-state index >= 15 is 0 Å². The number of aromatic nitrogens is 2. The third-order valence-corrected chi connectivity index (χ3v) is 4.05. The standard InChI is InChI=1S/C12H20N4O/c1-8-14-12(17-15-8)7-16-10-3-2-4-11(16)6-9(13)5-10/h9-11H,2-7,13H2,1H3. The summed E-state index contributed by atoms with van der Waals surface area (Å²) in [6.07, 6.45) is 6.09. The van der Waals surface area contributed by atoms with E-state index in [1.807, 2.05) is 6.92 Å². The fraction of sp³-hybridized carbons (Fsp3) is 0.833. The first-order chi connectivity index (χ1) is 8.22. The van der Waals surface area contributed by atoms with Crippen LogP contribution in [0.4, 0.5) is 0 Å². The van der Waals surface area contributed by atoms with Gasteiger partial charge in [0, 0.05) is 18.1 Å². The maximum Gasteiger partial charge on any atom is 0.240 e. The summed E-state index contributed by atoms with van der Waals surface area (Å²) in [7, 11) is 0. The molecular weight excluding hydrogens is 216 g/mol. The van der Waals surface area contributed by atoms with Crippen LogP contribution in [0.2, 0.25) is 0 Å². The molecule has 17 heavy (non-hydrogen) atoms. The molecule has 2 bridgehead atoms. The topological polar surface area (TPSA) is 68.2 Å². The van der Waals surface area contributed by atoms with Gasteiger partial charge in [-0.3, -0.25) is 4.90 Å². The van der Waals surface area contributed by atoms with Crippen molar-refractivity contribution in [1.82, 2.24) is 15.0 Å². The molecule has 0 spiro atoms. The van der Waals surface area contributed by atoms with Crippen LogP contribution < -0.4 is 5.73 Å². The SMILES string of the molecule is Cc1noc(CN2C3CCCC2CC(N)C3)n1.